The molecular weight excluding hydrogens is 422 g/mol. The van der Waals surface area contributed by atoms with Crippen molar-refractivity contribution in [2.45, 2.75) is 78.5 Å². The molecule has 180 valence electrons. The lowest BCUT2D eigenvalue weighted by molar-refractivity contribution is -0.392. The number of hydrogen-bond acceptors (Lipinski definition) is 8. The molecule has 0 saturated carbocycles. The fourth-order valence-electron chi connectivity index (χ4n) is 2.68. The summed E-state index contributed by atoms with van der Waals surface area (Å²) in [6.07, 6.45) is 1.93. The SMILES string of the molecule is CCCCOC(=O)CCC(NC(=O)OC(C)(C)C)C(=O)NCCn1c([N+](=O)[O-])cnc1C. The van der Waals surface area contributed by atoms with Gasteiger partial charge in [0.1, 0.15) is 24.4 Å². The lowest BCUT2D eigenvalue weighted by Crippen LogP contribution is -2.49. The van der Waals surface area contributed by atoms with Crippen LogP contribution in [-0.2, 0) is 25.6 Å². The van der Waals surface area contributed by atoms with Crippen molar-refractivity contribution in [2.24, 2.45) is 0 Å². The Hall–Kier alpha value is -3.18. The van der Waals surface area contributed by atoms with Crippen LogP contribution in [0.25, 0.3) is 0 Å². The maximum Gasteiger partial charge on any atom is 0.408 e. The second-order valence-corrected chi connectivity index (χ2v) is 8.17. The molecule has 0 aromatic carbocycles. The summed E-state index contributed by atoms with van der Waals surface area (Å²) in [7, 11) is 0. The Morgan fingerprint density at radius 3 is 2.59 bits per heavy atom. The number of unbranched alkanes of at least 4 members (excludes halogenated alkanes) is 1. The fraction of sp³-hybridized carbons (Fsp3) is 0.700. The van der Waals surface area contributed by atoms with Gasteiger partial charge in [-0.05, 0) is 38.5 Å². The van der Waals surface area contributed by atoms with Gasteiger partial charge in [-0.1, -0.05) is 13.3 Å². The van der Waals surface area contributed by atoms with Crippen molar-refractivity contribution in [1.29, 1.82) is 0 Å². The lowest BCUT2D eigenvalue weighted by Gasteiger charge is -2.23. The molecule has 0 bridgehead atoms. The van der Waals surface area contributed by atoms with Crippen LogP contribution in [0.5, 0.6) is 0 Å². The zero-order valence-electron chi connectivity index (χ0n) is 19.3. The van der Waals surface area contributed by atoms with E-state index in [1.165, 1.54) is 4.57 Å². The molecule has 0 radical (unpaired) electrons. The molecule has 0 spiro atoms. The number of nitrogens with zero attached hydrogens (tertiary/aromatic N) is 3. The highest BCUT2D eigenvalue weighted by atomic mass is 16.6. The molecule has 0 aliphatic carbocycles. The molecule has 1 aromatic rings. The molecule has 2 N–H and O–H groups in total. The maximum atomic E-state index is 12.7. The Kier molecular flexibility index (Phi) is 10.6. The van der Waals surface area contributed by atoms with E-state index >= 15 is 0 Å². The van der Waals surface area contributed by atoms with E-state index in [4.69, 9.17) is 9.47 Å². The van der Waals surface area contributed by atoms with Crippen molar-refractivity contribution in [2.75, 3.05) is 13.2 Å². The van der Waals surface area contributed by atoms with Crippen LogP contribution in [0.1, 0.15) is 59.2 Å². The number of carbonyl (C=O) groups excluding carboxylic acids is 3. The number of aryl methyl sites for hydroxylation is 1. The summed E-state index contributed by atoms with van der Waals surface area (Å²) >= 11 is 0. The van der Waals surface area contributed by atoms with Gasteiger partial charge in [-0.2, -0.15) is 0 Å². The van der Waals surface area contributed by atoms with Crippen LogP contribution >= 0.6 is 0 Å². The van der Waals surface area contributed by atoms with Gasteiger partial charge >= 0.3 is 17.9 Å². The minimum atomic E-state index is -1.04. The van der Waals surface area contributed by atoms with Crippen molar-refractivity contribution in [3.63, 3.8) is 0 Å². The third kappa shape index (κ3) is 9.75. The molecule has 1 aromatic heterocycles. The number of imidazole rings is 1. The first-order valence-corrected chi connectivity index (χ1v) is 10.5. The number of ether oxygens (including phenoxy) is 2. The normalized spacial score (nSPS) is 12.0. The molecule has 12 nitrogen and oxygen atoms in total. The number of amides is 2. The van der Waals surface area contributed by atoms with Gasteiger partial charge in [0.15, 0.2) is 5.82 Å². The summed E-state index contributed by atoms with van der Waals surface area (Å²) in [5.74, 6) is -0.760. The quantitative estimate of drug-likeness (QED) is 0.210. The van der Waals surface area contributed by atoms with E-state index in [0.29, 0.717) is 12.4 Å². The van der Waals surface area contributed by atoms with Crippen LogP contribution in [0.4, 0.5) is 10.6 Å². The summed E-state index contributed by atoms with van der Waals surface area (Å²) in [5.41, 5.74) is -0.762. The van der Waals surface area contributed by atoms with Crippen molar-refractivity contribution >= 4 is 23.8 Å². The number of nitro groups is 1. The van der Waals surface area contributed by atoms with Crippen LogP contribution in [0.15, 0.2) is 6.20 Å². The van der Waals surface area contributed by atoms with E-state index in [1.54, 1.807) is 27.7 Å². The average molecular weight is 456 g/mol. The van der Waals surface area contributed by atoms with Gasteiger partial charge in [-0.25, -0.2) is 14.3 Å². The van der Waals surface area contributed by atoms with Crippen LogP contribution in [0.3, 0.4) is 0 Å². The second-order valence-electron chi connectivity index (χ2n) is 8.17. The first-order valence-electron chi connectivity index (χ1n) is 10.5. The largest absolute Gasteiger partial charge is 0.466 e. The van der Waals surface area contributed by atoms with Gasteiger partial charge < -0.3 is 30.2 Å². The van der Waals surface area contributed by atoms with E-state index in [2.05, 4.69) is 15.6 Å². The Bertz CT molecular complexity index is 801. The highest BCUT2D eigenvalue weighted by molar-refractivity contribution is 5.86. The standard InChI is InChI=1S/C20H33N5O7/c1-6-7-12-31-17(26)9-8-15(23-19(28)32-20(3,4)5)18(27)21-10-11-24-14(2)22-13-16(24)25(29)30/h13,15H,6-12H2,1-5H3,(H,21,27)(H,23,28). The van der Waals surface area contributed by atoms with Crippen LogP contribution in [0.2, 0.25) is 0 Å². The number of nitrogens with one attached hydrogen (secondary N) is 2. The molecule has 1 rings (SSSR count). The molecular formula is C20H33N5O7. The van der Waals surface area contributed by atoms with Gasteiger partial charge in [0.2, 0.25) is 5.91 Å². The summed E-state index contributed by atoms with van der Waals surface area (Å²) in [4.78, 5) is 51.1. The van der Waals surface area contributed by atoms with Gasteiger partial charge in [-0.15, -0.1) is 0 Å². The Morgan fingerprint density at radius 2 is 2.00 bits per heavy atom. The molecule has 2 amide bonds. The highest BCUT2D eigenvalue weighted by Crippen LogP contribution is 2.13. The predicted octanol–water partition coefficient (Wildman–Crippen LogP) is 2.23. The predicted molar refractivity (Wildman–Crippen MR) is 115 cm³/mol. The minimum absolute atomic E-state index is 0.0142. The van der Waals surface area contributed by atoms with Crippen LogP contribution < -0.4 is 10.6 Å². The Balaban J connectivity index is 2.71. The molecule has 1 unspecified atom stereocenters. The smallest absolute Gasteiger partial charge is 0.408 e. The first kappa shape index (κ1) is 26.9. The van der Waals surface area contributed by atoms with E-state index in [0.717, 1.165) is 19.0 Å². The number of rotatable bonds is 12. The Morgan fingerprint density at radius 1 is 1.31 bits per heavy atom. The van der Waals surface area contributed by atoms with Crippen LogP contribution in [0, 0.1) is 17.0 Å². The van der Waals surface area contributed by atoms with Crippen LogP contribution in [-0.4, -0.2) is 57.2 Å². The minimum Gasteiger partial charge on any atom is -0.466 e. The van der Waals surface area contributed by atoms with E-state index in [-0.39, 0.29) is 31.7 Å². The summed E-state index contributed by atoms with van der Waals surface area (Å²) in [5, 5.41) is 16.2. The van der Waals surface area contributed by atoms with E-state index in [1.807, 2.05) is 6.92 Å². The molecule has 1 heterocycles. The third-order valence-electron chi connectivity index (χ3n) is 4.26. The van der Waals surface area contributed by atoms with Crippen molar-refractivity contribution in [3.8, 4) is 0 Å². The summed E-state index contributed by atoms with van der Waals surface area (Å²) < 4.78 is 11.6. The molecule has 0 aliphatic heterocycles. The van der Waals surface area contributed by atoms with Crippen molar-refractivity contribution in [3.05, 3.63) is 22.1 Å². The molecule has 32 heavy (non-hydrogen) atoms. The fourth-order valence-corrected chi connectivity index (χ4v) is 2.68. The first-order chi connectivity index (χ1) is 14.9. The Labute approximate surface area is 187 Å². The topological polar surface area (TPSA) is 155 Å². The highest BCUT2D eigenvalue weighted by Gasteiger charge is 2.26. The monoisotopic (exact) mass is 455 g/mol. The summed E-state index contributed by atoms with van der Waals surface area (Å²) in [6, 6.07) is -1.04. The van der Waals surface area contributed by atoms with Gasteiger partial charge in [0.25, 0.3) is 0 Å². The maximum absolute atomic E-state index is 12.7. The summed E-state index contributed by atoms with van der Waals surface area (Å²) in [6.45, 7) is 9.13. The van der Waals surface area contributed by atoms with Crippen molar-refractivity contribution < 1.29 is 28.8 Å². The number of carbonyl (C=O) groups is 3. The molecule has 0 saturated heterocycles. The average Bonchev–Trinajstić information content (AvgIpc) is 3.04. The molecule has 0 aliphatic rings. The van der Waals surface area contributed by atoms with E-state index in [9.17, 15) is 24.5 Å². The molecule has 0 fully saturated rings. The molecule has 12 heteroatoms. The van der Waals surface area contributed by atoms with E-state index < -0.39 is 34.5 Å². The number of hydrogen-bond donors (Lipinski definition) is 2. The lowest BCUT2D eigenvalue weighted by atomic mass is 10.1. The van der Waals surface area contributed by atoms with Gasteiger partial charge in [0.05, 0.1) is 13.2 Å². The number of aromatic nitrogens is 2. The third-order valence-corrected chi connectivity index (χ3v) is 4.26. The molecule has 1 atom stereocenters. The van der Waals surface area contributed by atoms with Gasteiger partial charge in [0, 0.05) is 13.3 Å². The zero-order chi connectivity index (χ0) is 24.3. The van der Waals surface area contributed by atoms with Crippen molar-refractivity contribution in [1.82, 2.24) is 20.2 Å². The number of esters is 1. The van der Waals surface area contributed by atoms with Gasteiger partial charge in [-0.3, -0.25) is 9.59 Å². The second kappa shape index (κ2) is 12.6. The number of alkyl carbamates (subject to hydrolysis) is 1. The zero-order valence-corrected chi connectivity index (χ0v) is 19.3.